The number of allylic oxidation sites excluding steroid dienone is 3. The SMILES string of the molecule is CC1(C)CC[C@]2(C(=O)O)CC[C@]3(C)[C@H](C(=O)C=C4[C@@]5(C)C=C(C#N)C(=O)[C@@](C)(O)[C@@H]5CC[C@]43C)[C@@H]2C1. The van der Waals surface area contributed by atoms with Crippen LogP contribution < -0.4 is 0 Å². The van der Waals surface area contributed by atoms with E-state index in [1.165, 1.54) is 6.92 Å². The van der Waals surface area contributed by atoms with Gasteiger partial charge in [0, 0.05) is 17.3 Å². The number of carboxylic acid groups (broad SMARTS) is 1. The molecule has 194 valence electrons. The third kappa shape index (κ3) is 2.84. The van der Waals surface area contributed by atoms with Crippen LogP contribution in [0.4, 0.5) is 0 Å². The highest BCUT2D eigenvalue weighted by Gasteiger charge is 2.71. The zero-order valence-corrected chi connectivity index (χ0v) is 22.4. The van der Waals surface area contributed by atoms with E-state index >= 15 is 0 Å². The van der Waals surface area contributed by atoms with Gasteiger partial charge in [0.25, 0.3) is 0 Å². The van der Waals surface area contributed by atoms with Gasteiger partial charge in [-0.05, 0) is 80.1 Å². The first kappa shape index (κ1) is 25.4. The van der Waals surface area contributed by atoms with Crippen LogP contribution in [0.2, 0.25) is 0 Å². The molecule has 0 aromatic rings. The summed E-state index contributed by atoms with van der Waals surface area (Å²) >= 11 is 0. The molecule has 0 spiro atoms. The van der Waals surface area contributed by atoms with Gasteiger partial charge in [-0.15, -0.1) is 0 Å². The van der Waals surface area contributed by atoms with Crippen LogP contribution in [0.5, 0.6) is 0 Å². The lowest BCUT2D eigenvalue weighted by Gasteiger charge is -2.68. The van der Waals surface area contributed by atoms with Crippen LogP contribution in [0.3, 0.4) is 0 Å². The van der Waals surface area contributed by atoms with Crippen molar-refractivity contribution < 1.29 is 24.6 Å². The Labute approximate surface area is 213 Å². The highest BCUT2D eigenvalue weighted by Crippen LogP contribution is 2.74. The molecule has 0 amide bonds. The van der Waals surface area contributed by atoms with Crippen molar-refractivity contribution in [3.63, 3.8) is 0 Å². The molecule has 5 aliphatic rings. The molecule has 0 aromatic carbocycles. The number of nitriles is 1. The molecule has 0 saturated heterocycles. The number of aliphatic hydroxyl groups is 1. The van der Waals surface area contributed by atoms with Gasteiger partial charge in [-0.2, -0.15) is 5.26 Å². The number of aliphatic carboxylic acids is 1. The molecule has 0 radical (unpaired) electrons. The first-order chi connectivity index (χ1) is 16.5. The molecule has 6 heteroatoms. The van der Waals surface area contributed by atoms with Gasteiger partial charge in [0.1, 0.15) is 11.7 Å². The molecule has 5 rings (SSSR count). The Morgan fingerprint density at radius 3 is 2.28 bits per heavy atom. The van der Waals surface area contributed by atoms with E-state index in [0.717, 1.165) is 12.0 Å². The van der Waals surface area contributed by atoms with Crippen molar-refractivity contribution in [2.24, 2.45) is 44.8 Å². The third-order valence-corrected chi connectivity index (χ3v) is 12.0. The number of carboxylic acids is 1. The van der Waals surface area contributed by atoms with Crippen molar-refractivity contribution in [3.05, 3.63) is 23.3 Å². The summed E-state index contributed by atoms with van der Waals surface area (Å²) in [6.45, 7) is 12.2. The van der Waals surface area contributed by atoms with Gasteiger partial charge in [-0.1, -0.05) is 46.3 Å². The minimum absolute atomic E-state index is 0.0243. The van der Waals surface area contributed by atoms with Crippen molar-refractivity contribution in [3.8, 4) is 6.07 Å². The van der Waals surface area contributed by atoms with Gasteiger partial charge < -0.3 is 10.2 Å². The van der Waals surface area contributed by atoms with Crippen LogP contribution in [-0.4, -0.2) is 33.3 Å². The number of Topliss-reactive ketones (excluding diaryl/α,β-unsaturated/α-hetero) is 1. The molecule has 3 saturated carbocycles. The largest absolute Gasteiger partial charge is 0.481 e. The standard InChI is InChI=1S/C30H39NO5/c1-25(2)9-11-30(24(34)35)12-10-28(5)22(18(30)15-25)19(32)13-21-26(3)14-17(16-31)23(33)29(6,36)20(26)7-8-27(21,28)4/h13-14,18,20,22,36H,7-12,15H2,1-6H3,(H,34,35)/t18-,20+,22-,26-,27+,28+,29-,30-/m0/s1. The first-order valence-corrected chi connectivity index (χ1v) is 13.4. The van der Waals surface area contributed by atoms with Gasteiger partial charge in [0.2, 0.25) is 5.78 Å². The minimum Gasteiger partial charge on any atom is -0.481 e. The highest BCUT2D eigenvalue weighted by atomic mass is 16.4. The van der Waals surface area contributed by atoms with Crippen molar-refractivity contribution in [2.45, 2.75) is 92.1 Å². The van der Waals surface area contributed by atoms with E-state index in [2.05, 4.69) is 27.7 Å². The summed E-state index contributed by atoms with van der Waals surface area (Å²) in [5.41, 5.74) is -3.41. The second-order valence-corrected chi connectivity index (χ2v) is 14.1. The van der Waals surface area contributed by atoms with E-state index < -0.39 is 44.9 Å². The minimum atomic E-state index is -1.68. The summed E-state index contributed by atoms with van der Waals surface area (Å²) in [5.74, 6) is -2.39. The maximum Gasteiger partial charge on any atom is 0.309 e. The summed E-state index contributed by atoms with van der Waals surface area (Å²) < 4.78 is 0. The van der Waals surface area contributed by atoms with Gasteiger partial charge >= 0.3 is 5.97 Å². The normalized spacial score (nSPS) is 49.3. The van der Waals surface area contributed by atoms with Crippen LogP contribution in [0, 0.1) is 56.2 Å². The molecule has 36 heavy (non-hydrogen) atoms. The molecule has 3 fully saturated rings. The van der Waals surface area contributed by atoms with Crippen molar-refractivity contribution in [2.75, 3.05) is 0 Å². The highest BCUT2D eigenvalue weighted by molar-refractivity contribution is 6.06. The molecular weight excluding hydrogens is 454 g/mol. The molecule has 6 nitrogen and oxygen atoms in total. The third-order valence-electron chi connectivity index (χ3n) is 12.0. The number of hydrogen-bond donors (Lipinski definition) is 2. The molecule has 5 aliphatic carbocycles. The fraction of sp³-hybridized carbons (Fsp3) is 0.733. The number of carbonyl (C=O) groups is 3. The summed E-state index contributed by atoms with van der Waals surface area (Å²) in [6, 6.07) is 1.99. The summed E-state index contributed by atoms with van der Waals surface area (Å²) in [6.07, 6.45) is 8.09. The first-order valence-electron chi connectivity index (χ1n) is 13.4. The quantitative estimate of drug-likeness (QED) is 0.530. The lowest BCUT2D eigenvalue weighted by molar-refractivity contribution is -0.190. The molecular formula is C30H39NO5. The van der Waals surface area contributed by atoms with Crippen LogP contribution in [0.25, 0.3) is 0 Å². The Balaban J connectivity index is 1.71. The van der Waals surface area contributed by atoms with Crippen LogP contribution in [0.15, 0.2) is 23.3 Å². The second kappa shape index (κ2) is 7.19. The topological polar surface area (TPSA) is 115 Å². The number of carbonyl (C=O) groups excluding carboxylic acids is 2. The Morgan fingerprint density at radius 2 is 1.67 bits per heavy atom. The molecule has 0 heterocycles. The number of hydrogen-bond acceptors (Lipinski definition) is 5. The van der Waals surface area contributed by atoms with Crippen molar-refractivity contribution in [1.82, 2.24) is 0 Å². The molecule has 0 aromatic heterocycles. The van der Waals surface area contributed by atoms with Gasteiger partial charge in [0.05, 0.1) is 11.0 Å². The lowest BCUT2D eigenvalue weighted by Crippen LogP contribution is -2.66. The number of rotatable bonds is 1. The van der Waals surface area contributed by atoms with Crippen LogP contribution in [0.1, 0.15) is 86.5 Å². The summed E-state index contributed by atoms with van der Waals surface area (Å²) in [4.78, 5) is 39.8. The average molecular weight is 494 g/mol. The zero-order valence-electron chi connectivity index (χ0n) is 22.4. The van der Waals surface area contributed by atoms with E-state index in [0.29, 0.717) is 38.5 Å². The number of fused-ring (bicyclic) bond motifs is 7. The zero-order chi connectivity index (χ0) is 26.7. The fourth-order valence-corrected chi connectivity index (χ4v) is 9.69. The Kier molecular flexibility index (Phi) is 5.07. The maximum atomic E-state index is 14.2. The number of ketones is 2. The Morgan fingerprint density at radius 1 is 1.03 bits per heavy atom. The predicted molar refractivity (Wildman–Crippen MR) is 133 cm³/mol. The second-order valence-electron chi connectivity index (χ2n) is 14.1. The average Bonchev–Trinajstić information content (AvgIpc) is 2.77. The van der Waals surface area contributed by atoms with Gasteiger partial charge in [-0.3, -0.25) is 14.4 Å². The van der Waals surface area contributed by atoms with E-state index in [-0.39, 0.29) is 28.6 Å². The van der Waals surface area contributed by atoms with E-state index in [1.807, 2.05) is 13.0 Å². The number of nitrogens with zero attached hydrogens (tertiary/aromatic N) is 1. The molecule has 0 aliphatic heterocycles. The smallest absolute Gasteiger partial charge is 0.309 e. The van der Waals surface area contributed by atoms with Gasteiger partial charge in [0.15, 0.2) is 5.78 Å². The Hall–Kier alpha value is -2.26. The van der Waals surface area contributed by atoms with Crippen molar-refractivity contribution >= 4 is 17.5 Å². The summed E-state index contributed by atoms with van der Waals surface area (Å²) in [7, 11) is 0. The Bertz CT molecular complexity index is 1190. The monoisotopic (exact) mass is 493 g/mol. The fourth-order valence-electron chi connectivity index (χ4n) is 9.69. The van der Waals surface area contributed by atoms with Crippen LogP contribution >= 0.6 is 0 Å². The van der Waals surface area contributed by atoms with E-state index in [4.69, 9.17) is 0 Å². The molecule has 0 bridgehead atoms. The van der Waals surface area contributed by atoms with Crippen molar-refractivity contribution in [1.29, 1.82) is 5.26 Å². The lowest BCUT2D eigenvalue weighted by atomic mass is 9.34. The van der Waals surface area contributed by atoms with E-state index in [1.54, 1.807) is 12.2 Å². The molecule has 8 atom stereocenters. The van der Waals surface area contributed by atoms with Crippen LogP contribution in [-0.2, 0) is 14.4 Å². The summed E-state index contributed by atoms with van der Waals surface area (Å²) in [5, 5.41) is 31.5. The maximum absolute atomic E-state index is 14.2. The molecule has 0 unspecified atom stereocenters. The van der Waals surface area contributed by atoms with E-state index in [9.17, 15) is 29.9 Å². The molecule has 2 N–H and O–H groups in total. The predicted octanol–water partition coefficient (Wildman–Crippen LogP) is 5.02. The van der Waals surface area contributed by atoms with Gasteiger partial charge in [-0.25, -0.2) is 0 Å².